The molecule has 1 fully saturated rings. The van der Waals surface area contributed by atoms with Crippen molar-refractivity contribution in [2.24, 2.45) is 0 Å². The van der Waals surface area contributed by atoms with Gasteiger partial charge in [0.2, 0.25) is 5.79 Å². The second-order valence-electron chi connectivity index (χ2n) is 13.9. The van der Waals surface area contributed by atoms with Gasteiger partial charge in [-0.2, -0.15) is 0 Å². The largest absolute Gasteiger partial charge is 0.412 e. The van der Waals surface area contributed by atoms with Crippen molar-refractivity contribution in [1.82, 2.24) is 0 Å². The molecule has 1 saturated heterocycles. The number of ether oxygens (including phenoxy) is 1. The Morgan fingerprint density at radius 3 is 1.47 bits per heavy atom. The van der Waals surface area contributed by atoms with Gasteiger partial charge in [-0.3, -0.25) is 0 Å². The summed E-state index contributed by atoms with van der Waals surface area (Å²) in [5.41, 5.74) is 0. The highest BCUT2D eigenvalue weighted by atomic mass is 28.4. The molecule has 0 spiro atoms. The van der Waals surface area contributed by atoms with Gasteiger partial charge in [0, 0.05) is 0 Å². The summed E-state index contributed by atoms with van der Waals surface area (Å²) in [5.74, 6) is -0.991. The van der Waals surface area contributed by atoms with E-state index in [2.05, 4.69) is 98.2 Å². The Morgan fingerprint density at radius 2 is 1.09 bits per heavy atom. The lowest BCUT2D eigenvalue weighted by molar-refractivity contribution is -0.311. The molecule has 0 aliphatic carbocycles. The molecule has 1 rings (SSSR count). The van der Waals surface area contributed by atoms with Crippen LogP contribution in [0.4, 0.5) is 0 Å². The second-order valence-corrected chi connectivity index (χ2v) is 36.2. The molecule has 1 unspecified atom stereocenters. The predicted octanol–water partition coefficient (Wildman–Crippen LogP) is 6.08. The van der Waals surface area contributed by atoms with Crippen LogP contribution in [0.3, 0.4) is 0 Å². The van der Waals surface area contributed by atoms with Crippen LogP contribution in [0.25, 0.3) is 0 Å². The summed E-state index contributed by atoms with van der Waals surface area (Å²) >= 11 is 0. The lowest BCUT2D eigenvalue weighted by Gasteiger charge is -2.54. The smallest absolute Gasteiger partial charge is 0.209 e. The van der Waals surface area contributed by atoms with Crippen molar-refractivity contribution in [1.29, 1.82) is 0 Å². The van der Waals surface area contributed by atoms with E-state index in [4.69, 9.17) is 26.9 Å². The summed E-state index contributed by atoms with van der Waals surface area (Å²) < 4.78 is 40.3. The zero-order chi connectivity index (χ0) is 25.4. The summed E-state index contributed by atoms with van der Waals surface area (Å²) in [4.78, 5) is 0. The lowest BCUT2D eigenvalue weighted by atomic mass is 9.97. The standard InChI is InChI=1S/C21H52O6Si5/c1-28(2,3)23-17-21(27-32(13,14)15)20(26-31(10,11)12)19(25-30(7,8)9)18(16-22-21)24-29(4,5)6/h18-20H,16-17H2,1-15H3/t18-,19+,20-,21?/m1/s1. The van der Waals surface area contributed by atoms with Crippen molar-refractivity contribution in [3.05, 3.63) is 0 Å². The molecule has 0 aromatic carbocycles. The number of rotatable bonds is 11. The summed E-state index contributed by atoms with van der Waals surface area (Å²) in [6.45, 7) is 33.9. The molecule has 0 aromatic heterocycles. The van der Waals surface area contributed by atoms with E-state index in [0.29, 0.717) is 13.2 Å². The van der Waals surface area contributed by atoms with Gasteiger partial charge in [-0.05, 0) is 98.2 Å². The van der Waals surface area contributed by atoms with Crippen LogP contribution in [0.1, 0.15) is 0 Å². The molecule has 0 N–H and O–H groups in total. The van der Waals surface area contributed by atoms with Crippen LogP contribution in [-0.4, -0.2) is 78.9 Å². The highest BCUT2D eigenvalue weighted by Gasteiger charge is 2.58. The first-order chi connectivity index (χ1) is 13.9. The van der Waals surface area contributed by atoms with Gasteiger partial charge in [0.1, 0.15) is 12.2 Å². The van der Waals surface area contributed by atoms with Gasteiger partial charge in [0.05, 0.1) is 19.3 Å². The van der Waals surface area contributed by atoms with Gasteiger partial charge in [-0.1, -0.05) is 0 Å². The highest BCUT2D eigenvalue weighted by Crippen LogP contribution is 2.39. The van der Waals surface area contributed by atoms with Crippen molar-refractivity contribution in [3.8, 4) is 0 Å². The normalized spacial score (nSPS) is 28.8. The average molecular weight is 541 g/mol. The molecule has 6 nitrogen and oxygen atoms in total. The predicted molar refractivity (Wildman–Crippen MR) is 147 cm³/mol. The minimum Gasteiger partial charge on any atom is -0.412 e. The molecule has 1 aliphatic rings. The highest BCUT2D eigenvalue weighted by molar-refractivity contribution is 6.71. The Morgan fingerprint density at radius 1 is 0.625 bits per heavy atom. The molecule has 4 atom stereocenters. The van der Waals surface area contributed by atoms with E-state index in [9.17, 15) is 0 Å². The minimum atomic E-state index is -2.02. The third kappa shape index (κ3) is 11.5. The third-order valence-corrected chi connectivity index (χ3v) is 9.17. The summed E-state index contributed by atoms with van der Waals surface area (Å²) in [5, 5.41) is 0. The summed E-state index contributed by atoms with van der Waals surface area (Å²) in [7, 11) is -9.58. The molecule has 0 amide bonds. The lowest BCUT2D eigenvalue weighted by Crippen LogP contribution is -2.71. The van der Waals surface area contributed by atoms with Crippen LogP contribution in [0, 0.1) is 0 Å². The van der Waals surface area contributed by atoms with Gasteiger partial charge in [-0.15, -0.1) is 0 Å². The van der Waals surface area contributed by atoms with E-state index in [0.717, 1.165) is 0 Å². The fourth-order valence-corrected chi connectivity index (χ4v) is 8.74. The van der Waals surface area contributed by atoms with Crippen LogP contribution >= 0.6 is 0 Å². The van der Waals surface area contributed by atoms with Crippen LogP contribution in [0.2, 0.25) is 98.2 Å². The fourth-order valence-electron chi connectivity index (χ4n) is 3.56. The van der Waals surface area contributed by atoms with Gasteiger partial charge in [-0.25, -0.2) is 0 Å². The Balaban J connectivity index is 3.59. The van der Waals surface area contributed by atoms with Gasteiger partial charge >= 0.3 is 0 Å². The Hall–Kier alpha value is 0.844. The number of hydrogen-bond acceptors (Lipinski definition) is 6. The molecule has 32 heavy (non-hydrogen) atoms. The van der Waals surface area contributed by atoms with E-state index in [1.807, 2.05) is 0 Å². The van der Waals surface area contributed by atoms with Gasteiger partial charge < -0.3 is 26.9 Å². The monoisotopic (exact) mass is 540 g/mol. The van der Waals surface area contributed by atoms with Crippen LogP contribution in [-0.2, 0) is 26.9 Å². The molecule has 1 heterocycles. The second kappa shape index (κ2) is 10.4. The Labute approximate surface area is 203 Å². The molecule has 0 saturated carbocycles. The molecule has 11 heteroatoms. The van der Waals surface area contributed by atoms with Crippen LogP contribution in [0.15, 0.2) is 0 Å². The van der Waals surface area contributed by atoms with Crippen molar-refractivity contribution in [2.45, 2.75) is 122 Å². The van der Waals surface area contributed by atoms with Gasteiger partial charge in [0.25, 0.3) is 0 Å². The van der Waals surface area contributed by atoms with E-state index in [-0.39, 0.29) is 12.2 Å². The maximum atomic E-state index is 6.89. The Kier molecular flexibility index (Phi) is 10.1. The molecule has 0 aromatic rings. The average Bonchev–Trinajstić information content (AvgIpc) is 2.46. The van der Waals surface area contributed by atoms with Gasteiger partial charge in [0.15, 0.2) is 41.6 Å². The fraction of sp³-hybridized carbons (Fsp3) is 1.00. The van der Waals surface area contributed by atoms with Crippen molar-refractivity contribution >= 4 is 41.6 Å². The van der Waals surface area contributed by atoms with E-state index in [1.54, 1.807) is 0 Å². The van der Waals surface area contributed by atoms with Crippen LogP contribution < -0.4 is 0 Å². The zero-order valence-corrected chi connectivity index (χ0v) is 28.6. The minimum absolute atomic E-state index is 0.181. The Bertz CT molecular complexity index is 600. The summed E-state index contributed by atoms with van der Waals surface area (Å²) in [6.07, 6.45) is -0.838. The quantitative estimate of drug-likeness (QED) is 0.296. The van der Waals surface area contributed by atoms with Crippen molar-refractivity contribution in [3.63, 3.8) is 0 Å². The van der Waals surface area contributed by atoms with E-state index < -0.39 is 53.5 Å². The molecule has 0 radical (unpaired) electrons. The first-order valence-corrected chi connectivity index (χ1v) is 29.0. The van der Waals surface area contributed by atoms with Crippen LogP contribution in [0.5, 0.6) is 0 Å². The van der Waals surface area contributed by atoms with Crippen molar-refractivity contribution in [2.75, 3.05) is 13.2 Å². The molecule has 1 aliphatic heterocycles. The maximum absolute atomic E-state index is 6.89. The molecule has 0 bridgehead atoms. The SMILES string of the molecule is C[Si](C)(C)OCC1(O[Si](C)(C)C)OC[C@@H](O[Si](C)(C)C)[C@H](O[Si](C)(C)C)[C@H]1O[Si](C)(C)C. The summed E-state index contributed by atoms with van der Waals surface area (Å²) in [6, 6.07) is 0. The molecular formula is C21H52O6Si5. The number of hydrogen-bond donors (Lipinski definition) is 0. The topological polar surface area (TPSA) is 55.4 Å². The maximum Gasteiger partial charge on any atom is 0.209 e. The third-order valence-electron chi connectivity index (χ3n) is 4.25. The molecular weight excluding hydrogens is 489 g/mol. The first kappa shape index (κ1) is 30.9. The first-order valence-electron chi connectivity index (χ1n) is 11.9. The van der Waals surface area contributed by atoms with E-state index >= 15 is 0 Å². The van der Waals surface area contributed by atoms with E-state index in [1.165, 1.54) is 0 Å². The molecule has 192 valence electrons. The van der Waals surface area contributed by atoms with Crippen molar-refractivity contribution < 1.29 is 26.9 Å². The zero-order valence-electron chi connectivity index (χ0n) is 23.6.